The minimum absolute atomic E-state index is 0.165. The average molecular weight is 498 g/mol. The van der Waals surface area contributed by atoms with Crippen LogP contribution >= 0.6 is 0 Å². The van der Waals surface area contributed by atoms with Crippen LogP contribution in [0.25, 0.3) is 43.1 Å². The van der Waals surface area contributed by atoms with Gasteiger partial charge in [-0.15, -0.1) is 0 Å². The number of carbonyl (C=O) groups is 4. The number of benzene rings is 5. The highest BCUT2D eigenvalue weighted by Gasteiger charge is 2.37. The zero-order valence-corrected chi connectivity index (χ0v) is 19.5. The molecule has 7 rings (SSSR count). The molecule has 4 N–H and O–H groups in total. The number of imide groups is 2. The first-order valence-electron chi connectivity index (χ1n) is 11.6. The van der Waals surface area contributed by atoms with E-state index in [4.69, 9.17) is 11.5 Å². The number of hydrogen-bond acceptors (Lipinski definition) is 8. The molecule has 10 heteroatoms. The average Bonchev–Trinajstić information content (AvgIpc) is 2.93. The minimum atomic E-state index is -0.611. The molecule has 180 valence electrons. The van der Waals surface area contributed by atoms with Gasteiger partial charge in [0.2, 0.25) is 0 Å². The van der Waals surface area contributed by atoms with E-state index in [1.54, 1.807) is 24.3 Å². The van der Waals surface area contributed by atoms with E-state index >= 15 is 0 Å². The molecule has 0 aromatic heterocycles. The molecule has 0 saturated heterocycles. The van der Waals surface area contributed by atoms with E-state index in [2.05, 4.69) is 12.1 Å². The monoisotopic (exact) mass is 498 g/mol. The van der Waals surface area contributed by atoms with Crippen LogP contribution in [0.2, 0.25) is 0 Å². The summed E-state index contributed by atoms with van der Waals surface area (Å²) < 4.78 is 0. The third kappa shape index (κ3) is 2.27. The molecule has 2 aliphatic heterocycles. The van der Waals surface area contributed by atoms with E-state index in [1.807, 2.05) is 0 Å². The second-order valence-corrected chi connectivity index (χ2v) is 9.18. The lowest BCUT2D eigenvalue weighted by Gasteiger charge is -2.29. The van der Waals surface area contributed by atoms with Crippen molar-refractivity contribution in [2.75, 3.05) is 13.3 Å². The van der Waals surface area contributed by atoms with Crippen LogP contribution in [0.5, 0.6) is 0 Å². The highest BCUT2D eigenvalue weighted by Crippen LogP contribution is 2.48. The molecule has 0 saturated carbocycles. The van der Waals surface area contributed by atoms with Crippen molar-refractivity contribution >= 4 is 66.7 Å². The lowest BCUT2D eigenvalue weighted by Crippen LogP contribution is -2.43. The fourth-order valence-corrected chi connectivity index (χ4v) is 6.07. The summed E-state index contributed by atoms with van der Waals surface area (Å²) >= 11 is 0. The molecular weight excluding hydrogens is 484 g/mol. The first-order chi connectivity index (χ1) is 18.4. The van der Waals surface area contributed by atoms with Crippen molar-refractivity contribution in [1.29, 1.82) is 10.5 Å². The number of nitrogens with zero attached hydrogens (tertiary/aromatic N) is 4. The Labute approximate surface area is 213 Å². The van der Waals surface area contributed by atoms with Crippen molar-refractivity contribution < 1.29 is 19.2 Å². The van der Waals surface area contributed by atoms with Crippen LogP contribution in [0, 0.1) is 22.7 Å². The van der Waals surface area contributed by atoms with Gasteiger partial charge in [-0.05, 0) is 35.0 Å². The van der Waals surface area contributed by atoms with Gasteiger partial charge in [0.05, 0.1) is 47.7 Å². The molecule has 2 aliphatic rings. The number of hydrogen-bond donors (Lipinski definition) is 2. The maximum Gasteiger partial charge on any atom is 0.262 e. The predicted octanol–water partition coefficient (Wildman–Crippen LogP) is 2.50. The normalized spacial score (nSPS) is 14.8. The van der Waals surface area contributed by atoms with Crippen molar-refractivity contribution in [2.24, 2.45) is 11.5 Å². The third-order valence-corrected chi connectivity index (χ3v) is 7.61. The highest BCUT2D eigenvalue weighted by molar-refractivity contribution is 6.42. The van der Waals surface area contributed by atoms with Gasteiger partial charge in [-0.3, -0.25) is 29.0 Å². The fraction of sp³-hybridized carbons (Fsp3) is 0.0714. The van der Waals surface area contributed by atoms with Crippen molar-refractivity contribution in [2.45, 2.75) is 0 Å². The molecule has 0 aliphatic carbocycles. The van der Waals surface area contributed by atoms with E-state index in [-0.39, 0.29) is 46.7 Å². The van der Waals surface area contributed by atoms with E-state index in [1.165, 1.54) is 12.1 Å². The van der Waals surface area contributed by atoms with Crippen LogP contribution in [0.4, 0.5) is 0 Å². The quantitative estimate of drug-likeness (QED) is 0.212. The largest absolute Gasteiger partial charge is 0.313 e. The van der Waals surface area contributed by atoms with Crippen molar-refractivity contribution in [3.63, 3.8) is 0 Å². The van der Waals surface area contributed by atoms with Crippen molar-refractivity contribution in [3.8, 4) is 12.1 Å². The Morgan fingerprint density at radius 2 is 0.921 bits per heavy atom. The van der Waals surface area contributed by atoms with E-state index in [0.29, 0.717) is 43.1 Å². The van der Waals surface area contributed by atoms with E-state index < -0.39 is 23.6 Å². The molecule has 10 nitrogen and oxygen atoms in total. The summed E-state index contributed by atoms with van der Waals surface area (Å²) in [4.78, 5) is 54.7. The molecule has 5 aromatic rings. The molecule has 0 bridgehead atoms. The maximum atomic E-state index is 13.2. The Kier molecular flexibility index (Phi) is 4.07. The summed E-state index contributed by atoms with van der Waals surface area (Å²) in [6.07, 6.45) is 0. The van der Waals surface area contributed by atoms with Gasteiger partial charge in [-0.1, -0.05) is 12.1 Å². The first kappa shape index (κ1) is 21.8. The smallest absolute Gasteiger partial charge is 0.262 e. The van der Waals surface area contributed by atoms with Gasteiger partial charge in [-0.25, -0.2) is 0 Å². The summed E-state index contributed by atoms with van der Waals surface area (Å²) in [5, 5.41) is 24.0. The predicted molar refractivity (Wildman–Crippen MR) is 136 cm³/mol. The number of nitrogens with two attached hydrogens (primary N) is 2. The van der Waals surface area contributed by atoms with Crippen molar-refractivity contribution in [1.82, 2.24) is 9.80 Å². The maximum absolute atomic E-state index is 13.2. The fourth-order valence-electron chi connectivity index (χ4n) is 6.07. The van der Waals surface area contributed by atoms with Crippen LogP contribution < -0.4 is 11.5 Å². The molecule has 0 spiro atoms. The van der Waals surface area contributed by atoms with Crippen LogP contribution in [0.15, 0.2) is 36.4 Å². The lowest BCUT2D eigenvalue weighted by atomic mass is 9.79. The zero-order valence-electron chi connectivity index (χ0n) is 19.5. The van der Waals surface area contributed by atoms with Crippen LogP contribution in [-0.4, -0.2) is 46.8 Å². The number of rotatable bonds is 2. The minimum Gasteiger partial charge on any atom is -0.313 e. The van der Waals surface area contributed by atoms with Crippen molar-refractivity contribution in [3.05, 3.63) is 69.8 Å². The molecule has 2 heterocycles. The Hall–Kier alpha value is -5.42. The van der Waals surface area contributed by atoms with Gasteiger partial charge < -0.3 is 11.5 Å². The van der Waals surface area contributed by atoms with Gasteiger partial charge in [0.15, 0.2) is 0 Å². The second kappa shape index (κ2) is 7.08. The molecule has 0 atom stereocenters. The highest BCUT2D eigenvalue weighted by atomic mass is 16.2. The summed E-state index contributed by atoms with van der Waals surface area (Å²) in [5.74, 6) is -2.33. The zero-order chi connectivity index (χ0) is 26.6. The second-order valence-electron chi connectivity index (χ2n) is 9.18. The standard InChI is InChI=1S/C28H14N6O4/c29-7-11-5-18-22-16(26(36)34(10-32)28(18)38)4-2-14-20-12(8-30)6-17-21-15(25(35)33(9-31)27(17)37)3-1-13(23(20)21)19(11)24(14)22/h1-6H,9-10,31-32H2. The number of amides is 4. The SMILES string of the molecule is N#Cc1cc2c3c(ccc4c5c(C#N)cc6c7c(ccc(c1c34)c75)C(=O)N(CN)C6=O)C(=O)N(CN)C2=O. The molecule has 5 aromatic carbocycles. The van der Waals surface area contributed by atoms with Crippen LogP contribution in [0.3, 0.4) is 0 Å². The topological polar surface area (TPSA) is 174 Å². The molecule has 38 heavy (non-hydrogen) atoms. The summed E-state index contributed by atoms with van der Waals surface area (Å²) in [7, 11) is 0. The Morgan fingerprint density at radius 3 is 1.26 bits per heavy atom. The van der Waals surface area contributed by atoms with Gasteiger partial charge in [0.1, 0.15) is 0 Å². The van der Waals surface area contributed by atoms with Gasteiger partial charge in [0.25, 0.3) is 23.6 Å². The molecule has 4 amide bonds. The summed E-state index contributed by atoms with van der Waals surface area (Å²) in [6.45, 7) is -0.643. The first-order valence-corrected chi connectivity index (χ1v) is 11.6. The molecular formula is C28H14N6O4. The Morgan fingerprint density at radius 1 is 0.553 bits per heavy atom. The number of nitriles is 2. The third-order valence-electron chi connectivity index (χ3n) is 7.61. The number of carbonyl (C=O) groups excluding carboxylic acids is 4. The molecule has 0 fully saturated rings. The Bertz CT molecular complexity index is 1970. The van der Waals surface area contributed by atoms with E-state index in [9.17, 15) is 29.7 Å². The Balaban J connectivity index is 1.81. The van der Waals surface area contributed by atoms with Gasteiger partial charge in [0, 0.05) is 43.4 Å². The summed E-state index contributed by atoms with van der Waals surface area (Å²) in [6, 6.07) is 13.7. The number of fused-ring (bicyclic) bond motifs is 2. The van der Waals surface area contributed by atoms with Crippen LogP contribution in [-0.2, 0) is 0 Å². The van der Waals surface area contributed by atoms with Gasteiger partial charge >= 0.3 is 0 Å². The molecule has 0 unspecified atom stereocenters. The lowest BCUT2D eigenvalue weighted by molar-refractivity contribution is 0.0599. The van der Waals surface area contributed by atoms with Gasteiger partial charge in [-0.2, -0.15) is 10.5 Å². The summed E-state index contributed by atoms with van der Waals surface area (Å²) in [5.41, 5.74) is 12.6. The van der Waals surface area contributed by atoms with E-state index in [0.717, 1.165) is 9.80 Å². The molecule has 0 radical (unpaired) electrons. The van der Waals surface area contributed by atoms with Crippen LogP contribution in [0.1, 0.15) is 52.6 Å².